The Morgan fingerprint density at radius 1 is 1.14 bits per heavy atom. The predicted octanol–water partition coefficient (Wildman–Crippen LogP) is 3.29. The van der Waals surface area contributed by atoms with E-state index in [-0.39, 0.29) is 0 Å². The lowest BCUT2D eigenvalue weighted by Crippen LogP contribution is -2.35. The number of ether oxygens (including phenoxy) is 1. The third-order valence-corrected chi connectivity index (χ3v) is 3.48. The maximum Gasteiger partial charge on any atom is 0.196 e. The van der Waals surface area contributed by atoms with Crippen LogP contribution in [-0.4, -0.2) is 19.1 Å². The minimum atomic E-state index is 0.520. The summed E-state index contributed by atoms with van der Waals surface area (Å²) in [5, 5.41) is 7.11. The number of nitrogens with one attached hydrogen (secondary N) is 2. The van der Waals surface area contributed by atoms with Crippen molar-refractivity contribution >= 4 is 23.2 Å². The van der Waals surface area contributed by atoms with Crippen LogP contribution >= 0.6 is 11.6 Å². The van der Waals surface area contributed by atoms with Crippen molar-refractivity contribution in [2.24, 2.45) is 4.99 Å². The Bertz CT molecular complexity index is 657. The van der Waals surface area contributed by atoms with Gasteiger partial charge in [-0.2, -0.15) is 0 Å². The third-order valence-electron chi connectivity index (χ3n) is 3.17. The highest BCUT2D eigenvalue weighted by atomic mass is 35.5. The predicted molar refractivity (Wildman–Crippen MR) is 86.2 cm³/mol. The van der Waals surface area contributed by atoms with Crippen molar-refractivity contribution < 1.29 is 4.74 Å². The molecule has 0 aromatic heterocycles. The van der Waals surface area contributed by atoms with Crippen LogP contribution in [0, 0.1) is 0 Å². The lowest BCUT2D eigenvalue weighted by atomic mass is 10.1. The van der Waals surface area contributed by atoms with E-state index in [1.807, 2.05) is 42.5 Å². The first-order valence-electron chi connectivity index (χ1n) is 6.83. The van der Waals surface area contributed by atoms with Crippen molar-refractivity contribution in [3.05, 3.63) is 59.1 Å². The van der Waals surface area contributed by atoms with Crippen LogP contribution in [0.4, 0.5) is 5.69 Å². The van der Waals surface area contributed by atoms with Gasteiger partial charge in [0.15, 0.2) is 5.96 Å². The summed E-state index contributed by atoms with van der Waals surface area (Å²) < 4.78 is 5.62. The van der Waals surface area contributed by atoms with Crippen molar-refractivity contribution in [3.8, 4) is 5.75 Å². The first-order valence-corrected chi connectivity index (χ1v) is 7.21. The molecule has 0 unspecified atom stereocenters. The molecular weight excluding hydrogens is 286 g/mol. The van der Waals surface area contributed by atoms with Gasteiger partial charge >= 0.3 is 0 Å². The average molecular weight is 302 g/mol. The third kappa shape index (κ3) is 3.47. The normalized spacial score (nSPS) is 12.9. The summed E-state index contributed by atoms with van der Waals surface area (Å²) in [6, 6.07) is 15.6. The van der Waals surface area contributed by atoms with Gasteiger partial charge in [0.25, 0.3) is 0 Å². The molecule has 0 saturated carbocycles. The van der Waals surface area contributed by atoms with E-state index in [0.717, 1.165) is 11.6 Å². The quantitative estimate of drug-likeness (QED) is 0.852. The van der Waals surface area contributed by atoms with E-state index in [9.17, 15) is 0 Å². The van der Waals surface area contributed by atoms with Gasteiger partial charge < -0.3 is 15.4 Å². The summed E-state index contributed by atoms with van der Waals surface area (Å²) in [6.07, 6.45) is 0. The number of hydrogen-bond acceptors (Lipinski definition) is 4. The lowest BCUT2D eigenvalue weighted by Gasteiger charge is -2.19. The summed E-state index contributed by atoms with van der Waals surface area (Å²) >= 11 is 6.03. The molecule has 0 atom stereocenters. The standard InChI is InChI=1S/C16H16ClN3O/c17-13-6-2-4-8-15(13)21-10-9-18-16-19-11-12-5-1-3-7-14(12)20-16/h1-8H,9-11H2,(H2,18,19,20). The van der Waals surface area contributed by atoms with Crippen molar-refractivity contribution in [2.75, 3.05) is 18.5 Å². The highest BCUT2D eigenvalue weighted by Gasteiger charge is 2.09. The van der Waals surface area contributed by atoms with E-state index in [1.54, 1.807) is 0 Å². The molecule has 2 aromatic rings. The van der Waals surface area contributed by atoms with Gasteiger partial charge in [0.1, 0.15) is 12.4 Å². The zero-order chi connectivity index (χ0) is 14.5. The summed E-state index contributed by atoms with van der Waals surface area (Å²) in [4.78, 5) is 4.45. The Morgan fingerprint density at radius 2 is 1.95 bits per heavy atom. The second-order valence-electron chi connectivity index (χ2n) is 4.65. The van der Waals surface area contributed by atoms with Crippen LogP contribution in [0.1, 0.15) is 5.56 Å². The van der Waals surface area contributed by atoms with Crippen LogP contribution in [0.5, 0.6) is 5.75 Å². The van der Waals surface area contributed by atoms with E-state index in [0.29, 0.717) is 30.5 Å². The second kappa shape index (κ2) is 6.50. The molecule has 5 heteroatoms. The lowest BCUT2D eigenvalue weighted by molar-refractivity contribution is 0.322. The van der Waals surface area contributed by atoms with Crippen molar-refractivity contribution in [3.63, 3.8) is 0 Å². The van der Waals surface area contributed by atoms with E-state index < -0.39 is 0 Å². The fraction of sp³-hybridized carbons (Fsp3) is 0.188. The highest BCUT2D eigenvalue weighted by Crippen LogP contribution is 2.22. The van der Waals surface area contributed by atoms with Gasteiger partial charge in [0.05, 0.1) is 18.1 Å². The van der Waals surface area contributed by atoms with Crippen LogP contribution in [0.15, 0.2) is 53.5 Å². The smallest absolute Gasteiger partial charge is 0.196 e. The van der Waals surface area contributed by atoms with Gasteiger partial charge in [-0.15, -0.1) is 0 Å². The molecule has 108 valence electrons. The molecule has 3 rings (SSSR count). The van der Waals surface area contributed by atoms with Gasteiger partial charge in [0, 0.05) is 5.69 Å². The minimum absolute atomic E-state index is 0.520. The zero-order valence-electron chi connectivity index (χ0n) is 11.5. The molecule has 0 spiro atoms. The molecule has 0 saturated heterocycles. The Morgan fingerprint density at radius 3 is 2.86 bits per heavy atom. The zero-order valence-corrected chi connectivity index (χ0v) is 12.2. The van der Waals surface area contributed by atoms with Gasteiger partial charge in [-0.25, -0.2) is 4.99 Å². The number of anilines is 1. The fourth-order valence-corrected chi connectivity index (χ4v) is 2.29. The molecular formula is C16H16ClN3O. The number of guanidine groups is 1. The minimum Gasteiger partial charge on any atom is -0.490 e. The number of fused-ring (bicyclic) bond motifs is 1. The largest absolute Gasteiger partial charge is 0.490 e. The number of aliphatic imine (C=N–C) groups is 1. The molecule has 1 aliphatic heterocycles. The number of benzene rings is 2. The first kappa shape index (κ1) is 13.8. The number of nitrogens with zero attached hydrogens (tertiary/aromatic N) is 1. The molecule has 0 bridgehead atoms. The Balaban J connectivity index is 1.47. The van der Waals surface area contributed by atoms with Gasteiger partial charge in [0.2, 0.25) is 0 Å². The molecule has 0 radical (unpaired) electrons. The fourth-order valence-electron chi connectivity index (χ4n) is 2.10. The van der Waals surface area contributed by atoms with Crippen LogP contribution in [0.3, 0.4) is 0 Å². The topological polar surface area (TPSA) is 45.6 Å². The van der Waals surface area contributed by atoms with E-state index in [1.165, 1.54) is 5.56 Å². The van der Waals surface area contributed by atoms with Crippen LogP contribution in [-0.2, 0) is 6.54 Å². The molecule has 2 aromatic carbocycles. The molecule has 2 N–H and O–H groups in total. The Kier molecular flexibility index (Phi) is 4.26. The summed E-state index contributed by atoms with van der Waals surface area (Å²) in [5.74, 6) is 1.47. The molecule has 1 aliphatic rings. The summed E-state index contributed by atoms with van der Waals surface area (Å²) in [7, 11) is 0. The first-order chi connectivity index (χ1) is 10.3. The molecule has 0 amide bonds. The maximum atomic E-state index is 6.03. The van der Waals surface area contributed by atoms with E-state index in [2.05, 4.69) is 21.7 Å². The Hall–Kier alpha value is -2.20. The molecule has 4 nitrogen and oxygen atoms in total. The number of rotatable bonds is 4. The van der Waals surface area contributed by atoms with E-state index in [4.69, 9.17) is 16.3 Å². The van der Waals surface area contributed by atoms with E-state index >= 15 is 0 Å². The molecule has 21 heavy (non-hydrogen) atoms. The van der Waals surface area contributed by atoms with Crippen LogP contribution in [0.25, 0.3) is 0 Å². The number of hydrogen-bond donors (Lipinski definition) is 2. The van der Waals surface area contributed by atoms with Crippen LogP contribution < -0.4 is 15.4 Å². The Labute approximate surface area is 128 Å². The summed E-state index contributed by atoms with van der Waals surface area (Å²) in [5.41, 5.74) is 2.30. The average Bonchev–Trinajstić information content (AvgIpc) is 2.53. The second-order valence-corrected chi connectivity index (χ2v) is 5.06. The van der Waals surface area contributed by atoms with Gasteiger partial charge in [-0.05, 0) is 23.8 Å². The van der Waals surface area contributed by atoms with Crippen molar-refractivity contribution in [1.29, 1.82) is 0 Å². The SMILES string of the molecule is Clc1ccccc1OCCNC1=NCc2ccccc2N1. The maximum absolute atomic E-state index is 6.03. The van der Waals surface area contributed by atoms with Crippen molar-refractivity contribution in [1.82, 2.24) is 5.32 Å². The van der Waals surface area contributed by atoms with Gasteiger partial charge in [-0.1, -0.05) is 41.9 Å². The molecule has 0 fully saturated rings. The van der Waals surface area contributed by atoms with Crippen molar-refractivity contribution in [2.45, 2.75) is 6.54 Å². The van der Waals surface area contributed by atoms with Gasteiger partial charge in [-0.3, -0.25) is 0 Å². The highest BCUT2D eigenvalue weighted by molar-refractivity contribution is 6.32. The monoisotopic (exact) mass is 301 g/mol. The van der Waals surface area contributed by atoms with Crippen LogP contribution in [0.2, 0.25) is 5.02 Å². The molecule has 1 heterocycles. The number of para-hydroxylation sites is 2. The summed E-state index contributed by atoms with van der Waals surface area (Å²) in [6.45, 7) is 1.86. The molecule has 0 aliphatic carbocycles. The number of halogens is 1.